The van der Waals surface area contributed by atoms with E-state index in [9.17, 15) is 4.39 Å². The minimum absolute atomic E-state index is 0.228. The van der Waals surface area contributed by atoms with Gasteiger partial charge in [0.15, 0.2) is 0 Å². The Morgan fingerprint density at radius 1 is 1.42 bits per heavy atom. The maximum absolute atomic E-state index is 12.8. The van der Waals surface area contributed by atoms with Gasteiger partial charge in [-0.05, 0) is 23.8 Å². The van der Waals surface area contributed by atoms with Gasteiger partial charge in [-0.3, -0.25) is 0 Å². The molecule has 0 fully saturated rings. The van der Waals surface area contributed by atoms with Crippen LogP contribution in [0.4, 0.5) is 4.39 Å². The third-order valence-corrected chi connectivity index (χ3v) is 2.16. The Morgan fingerprint density at radius 2 is 2.25 bits per heavy atom. The molecule has 0 radical (unpaired) electrons. The molecule has 2 aromatic rings. The fourth-order valence-electron chi connectivity index (χ4n) is 1.26. The number of halogens is 2. The third kappa shape index (κ3) is 1.08. The highest BCUT2D eigenvalue weighted by Gasteiger charge is 2.02. The van der Waals surface area contributed by atoms with Crippen molar-refractivity contribution in [1.82, 2.24) is 4.98 Å². The van der Waals surface area contributed by atoms with Crippen molar-refractivity contribution in [2.24, 2.45) is 0 Å². The Balaban J connectivity index is 2.75. The summed E-state index contributed by atoms with van der Waals surface area (Å²) in [6.45, 7) is 0. The predicted octanol–water partition coefficient (Wildman–Crippen LogP) is 3.05. The standard InChI is InChI=1S/C9H7ClFN/c10-4-6-5-12-9-2-1-7(11)3-8(6)9/h1-3,5,12H,4H2. The molecule has 2 rings (SSSR count). The molecular weight excluding hydrogens is 177 g/mol. The SMILES string of the molecule is Fc1ccc2[nH]cc(CCl)c2c1. The summed E-state index contributed by atoms with van der Waals surface area (Å²) in [7, 11) is 0. The second-order valence-corrected chi connectivity index (χ2v) is 2.90. The maximum atomic E-state index is 12.8. The third-order valence-electron chi connectivity index (χ3n) is 1.87. The van der Waals surface area contributed by atoms with Crippen LogP contribution < -0.4 is 0 Å². The van der Waals surface area contributed by atoms with Crippen molar-refractivity contribution in [1.29, 1.82) is 0 Å². The van der Waals surface area contributed by atoms with E-state index in [2.05, 4.69) is 4.98 Å². The Bertz CT molecular complexity index is 408. The van der Waals surface area contributed by atoms with E-state index in [-0.39, 0.29) is 5.82 Å². The zero-order valence-electron chi connectivity index (χ0n) is 6.27. The number of hydrogen-bond donors (Lipinski definition) is 1. The molecule has 0 spiro atoms. The first-order valence-electron chi connectivity index (χ1n) is 3.63. The lowest BCUT2D eigenvalue weighted by molar-refractivity contribution is 0.629. The number of benzene rings is 1. The lowest BCUT2D eigenvalue weighted by Crippen LogP contribution is -1.75. The van der Waals surface area contributed by atoms with Gasteiger partial charge < -0.3 is 4.98 Å². The number of nitrogens with one attached hydrogen (secondary N) is 1. The van der Waals surface area contributed by atoms with E-state index in [0.29, 0.717) is 5.88 Å². The molecule has 3 heteroatoms. The largest absolute Gasteiger partial charge is 0.361 e. The molecule has 12 heavy (non-hydrogen) atoms. The monoisotopic (exact) mass is 183 g/mol. The average molecular weight is 184 g/mol. The molecule has 1 heterocycles. The van der Waals surface area contributed by atoms with Crippen molar-refractivity contribution in [2.75, 3.05) is 0 Å². The van der Waals surface area contributed by atoms with Gasteiger partial charge in [0.1, 0.15) is 5.82 Å². The van der Waals surface area contributed by atoms with Crippen molar-refractivity contribution in [3.05, 3.63) is 35.8 Å². The van der Waals surface area contributed by atoms with Crippen molar-refractivity contribution in [3.8, 4) is 0 Å². The molecule has 62 valence electrons. The molecule has 1 N–H and O–H groups in total. The second-order valence-electron chi connectivity index (χ2n) is 2.64. The zero-order valence-corrected chi connectivity index (χ0v) is 7.03. The molecule has 1 aromatic heterocycles. The highest BCUT2D eigenvalue weighted by molar-refractivity contribution is 6.18. The number of fused-ring (bicyclic) bond motifs is 1. The molecule has 0 saturated carbocycles. The summed E-state index contributed by atoms with van der Waals surface area (Å²) in [6, 6.07) is 4.63. The van der Waals surface area contributed by atoms with Gasteiger partial charge in [0.2, 0.25) is 0 Å². The number of aromatic amines is 1. The number of alkyl halides is 1. The summed E-state index contributed by atoms with van der Waals surface area (Å²) in [6.07, 6.45) is 1.80. The van der Waals surface area contributed by atoms with Crippen LogP contribution in [0.25, 0.3) is 10.9 Å². The fraction of sp³-hybridized carbons (Fsp3) is 0.111. The molecule has 0 atom stereocenters. The summed E-state index contributed by atoms with van der Waals surface area (Å²) in [5.41, 5.74) is 1.86. The molecule has 0 amide bonds. The lowest BCUT2D eigenvalue weighted by atomic mass is 10.2. The summed E-state index contributed by atoms with van der Waals surface area (Å²) >= 11 is 5.66. The van der Waals surface area contributed by atoms with Crippen LogP contribution in [0.15, 0.2) is 24.4 Å². The second kappa shape index (κ2) is 2.79. The van der Waals surface area contributed by atoms with Crippen LogP contribution in [0.3, 0.4) is 0 Å². The quantitative estimate of drug-likeness (QED) is 0.655. The number of H-pyrrole nitrogens is 1. The summed E-state index contributed by atoms with van der Waals surface area (Å²) in [5, 5.41) is 0.866. The molecule has 0 aliphatic carbocycles. The van der Waals surface area contributed by atoms with Crippen LogP contribution in [0.5, 0.6) is 0 Å². The van der Waals surface area contributed by atoms with Crippen molar-refractivity contribution < 1.29 is 4.39 Å². The molecule has 0 aliphatic heterocycles. The van der Waals surface area contributed by atoms with Gasteiger partial charge in [0, 0.05) is 23.0 Å². The Morgan fingerprint density at radius 3 is 3.00 bits per heavy atom. The highest BCUT2D eigenvalue weighted by atomic mass is 35.5. The molecule has 0 aliphatic rings. The molecule has 0 unspecified atom stereocenters. The van der Waals surface area contributed by atoms with Crippen molar-refractivity contribution in [3.63, 3.8) is 0 Å². The van der Waals surface area contributed by atoms with E-state index in [0.717, 1.165) is 16.5 Å². The number of hydrogen-bond acceptors (Lipinski definition) is 0. The van der Waals surface area contributed by atoms with Gasteiger partial charge in [0.25, 0.3) is 0 Å². The average Bonchev–Trinajstić information content (AvgIpc) is 2.46. The van der Waals surface area contributed by atoms with Crippen molar-refractivity contribution >= 4 is 22.5 Å². The van der Waals surface area contributed by atoms with Crippen LogP contribution in [0.2, 0.25) is 0 Å². The minimum Gasteiger partial charge on any atom is -0.361 e. The first-order valence-corrected chi connectivity index (χ1v) is 4.16. The van der Waals surface area contributed by atoms with Gasteiger partial charge in [-0.1, -0.05) is 0 Å². The van der Waals surface area contributed by atoms with Gasteiger partial charge in [-0.25, -0.2) is 4.39 Å². The molecule has 0 bridgehead atoms. The lowest BCUT2D eigenvalue weighted by Gasteiger charge is -1.92. The van der Waals surface area contributed by atoms with Crippen molar-refractivity contribution in [2.45, 2.75) is 5.88 Å². The van der Waals surface area contributed by atoms with Crippen LogP contribution >= 0.6 is 11.6 Å². The topological polar surface area (TPSA) is 15.8 Å². The minimum atomic E-state index is -0.228. The van der Waals surface area contributed by atoms with E-state index in [4.69, 9.17) is 11.6 Å². The smallest absolute Gasteiger partial charge is 0.123 e. The fourth-order valence-corrected chi connectivity index (χ4v) is 1.48. The molecule has 0 saturated heterocycles. The van der Waals surface area contributed by atoms with Crippen LogP contribution in [0, 0.1) is 5.82 Å². The van der Waals surface area contributed by atoms with Crippen LogP contribution in [-0.4, -0.2) is 4.98 Å². The van der Waals surface area contributed by atoms with E-state index in [1.807, 2.05) is 0 Å². The van der Waals surface area contributed by atoms with Gasteiger partial charge in [-0.15, -0.1) is 11.6 Å². The summed E-state index contributed by atoms with van der Waals surface area (Å²) < 4.78 is 12.8. The Labute approximate surface area is 74.2 Å². The highest BCUT2D eigenvalue weighted by Crippen LogP contribution is 2.20. The van der Waals surface area contributed by atoms with E-state index in [1.165, 1.54) is 12.1 Å². The van der Waals surface area contributed by atoms with Crippen LogP contribution in [-0.2, 0) is 5.88 Å². The Kier molecular flexibility index (Phi) is 1.77. The van der Waals surface area contributed by atoms with Gasteiger partial charge in [0.05, 0.1) is 0 Å². The normalized spacial score (nSPS) is 10.8. The molecular formula is C9H7ClFN. The van der Waals surface area contributed by atoms with Gasteiger partial charge >= 0.3 is 0 Å². The molecule has 1 nitrogen and oxygen atoms in total. The first kappa shape index (κ1) is 7.62. The maximum Gasteiger partial charge on any atom is 0.123 e. The number of aromatic nitrogens is 1. The Hall–Kier alpha value is -1.02. The van der Waals surface area contributed by atoms with E-state index in [1.54, 1.807) is 12.3 Å². The number of rotatable bonds is 1. The summed E-state index contributed by atoms with van der Waals surface area (Å²) in [5.74, 6) is 0.178. The van der Waals surface area contributed by atoms with Crippen LogP contribution in [0.1, 0.15) is 5.56 Å². The predicted molar refractivity (Wildman–Crippen MR) is 47.8 cm³/mol. The van der Waals surface area contributed by atoms with E-state index < -0.39 is 0 Å². The van der Waals surface area contributed by atoms with E-state index >= 15 is 0 Å². The first-order chi connectivity index (χ1) is 5.81. The molecule has 1 aromatic carbocycles. The zero-order chi connectivity index (χ0) is 8.55. The van der Waals surface area contributed by atoms with Gasteiger partial charge in [-0.2, -0.15) is 0 Å². The summed E-state index contributed by atoms with van der Waals surface area (Å²) in [4.78, 5) is 3.02.